The minimum atomic E-state index is -0.955. The van der Waals surface area contributed by atoms with Crippen molar-refractivity contribution in [1.82, 2.24) is 0 Å². The molecular weight excluding hydrogens is 307 g/mol. The van der Waals surface area contributed by atoms with E-state index in [0.717, 1.165) is 3.79 Å². The lowest BCUT2D eigenvalue weighted by atomic mass is 10.0. The fourth-order valence-corrected chi connectivity index (χ4v) is 2.70. The van der Waals surface area contributed by atoms with E-state index in [1.54, 1.807) is 17.5 Å². The SMILES string of the molecule is COc1ccc(C(O)c2csc(Br)c2)c(F)c1. The van der Waals surface area contributed by atoms with Crippen LogP contribution in [-0.2, 0) is 0 Å². The topological polar surface area (TPSA) is 29.5 Å². The summed E-state index contributed by atoms with van der Waals surface area (Å²) in [5, 5.41) is 11.8. The van der Waals surface area contributed by atoms with Gasteiger partial charge in [0.05, 0.1) is 10.9 Å². The van der Waals surface area contributed by atoms with Crippen LogP contribution in [0.3, 0.4) is 0 Å². The number of benzene rings is 1. The Hall–Kier alpha value is -0.910. The summed E-state index contributed by atoms with van der Waals surface area (Å²) in [5.74, 6) is -0.0379. The van der Waals surface area contributed by atoms with Crippen LogP contribution in [0.15, 0.2) is 33.4 Å². The van der Waals surface area contributed by atoms with Crippen molar-refractivity contribution in [3.8, 4) is 5.75 Å². The van der Waals surface area contributed by atoms with Gasteiger partial charge in [0, 0.05) is 11.6 Å². The molecular formula is C12H10BrFO2S. The molecule has 2 aromatic rings. The lowest BCUT2D eigenvalue weighted by Crippen LogP contribution is -2.01. The Morgan fingerprint density at radius 2 is 2.18 bits per heavy atom. The molecule has 0 saturated heterocycles. The molecule has 0 spiro atoms. The van der Waals surface area contributed by atoms with Gasteiger partial charge in [-0.05, 0) is 45.1 Å². The van der Waals surface area contributed by atoms with Crippen LogP contribution < -0.4 is 4.74 Å². The highest BCUT2D eigenvalue weighted by Gasteiger charge is 2.16. The molecule has 17 heavy (non-hydrogen) atoms. The van der Waals surface area contributed by atoms with Gasteiger partial charge in [0.25, 0.3) is 0 Å². The third-order valence-electron chi connectivity index (χ3n) is 2.41. The lowest BCUT2D eigenvalue weighted by molar-refractivity contribution is 0.215. The van der Waals surface area contributed by atoms with E-state index >= 15 is 0 Å². The van der Waals surface area contributed by atoms with E-state index in [-0.39, 0.29) is 5.56 Å². The van der Waals surface area contributed by atoms with Crippen LogP contribution in [0.4, 0.5) is 4.39 Å². The molecule has 1 heterocycles. The number of aliphatic hydroxyl groups is 1. The van der Waals surface area contributed by atoms with Crippen molar-refractivity contribution in [2.24, 2.45) is 0 Å². The van der Waals surface area contributed by atoms with Crippen LogP contribution in [0.25, 0.3) is 0 Å². The summed E-state index contributed by atoms with van der Waals surface area (Å²) in [6.45, 7) is 0. The molecule has 1 aromatic heterocycles. The average Bonchev–Trinajstić information content (AvgIpc) is 2.75. The monoisotopic (exact) mass is 316 g/mol. The standard InChI is InChI=1S/C12H10BrFO2S/c1-16-8-2-3-9(10(14)5-8)12(15)7-4-11(13)17-6-7/h2-6,12,15H,1H3. The predicted octanol–water partition coefficient (Wildman–Crippen LogP) is 3.74. The van der Waals surface area contributed by atoms with Gasteiger partial charge in [-0.2, -0.15) is 0 Å². The molecule has 1 N–H and O–H groups in total. The van der Waals surface area contributed by atoms with Gasteiger partial charge in [0.1, 0.15) is 17.7 Å². The van der Waals surface area contributed by atoms with Crippen molar-refractivity contribution >= 4 is 27.3 Å². The van der Waals surface area contributed by atoms with E-state index in [1.807, 2.05) is 0 Å². The van der Waals surface area contributed by atoms with Crippen LogP contribution in [0, 0.1) is 5.82 Å². The number of aliphatic hydroxyl groups excluding tert-OH is 1. The Morgan fingerprint density at radius 1 is 1.41 bits per heavy atom. The number of ether oxygens (including phenoxy) is 1. The molecule has 0 amide bonds. The Morgan fingerprint density at radius 3 is 2.71 bits per heavy atom. The zero-order valence-electron chi connectivity index (χ0n) is 8.98. The number of hydrogen-bond donors (Lipinski definition) is 1. The van der Waals surface area contributed by atoms with E-state index in [2.05, 4.69) is 15.9 Å². The first-order valence-corrected chi connectivity index (χ1v) is 6.54. The van der Waals surface area contributed by atoms with E-state index in [1.165, 1.54) is 30.6 Å². The van der Waals surface area contributed by atoms with Gasteiger partial charge in [-0.1, -0.05) is 0 Å². The molecule has 0 aliphatic rings. The Balaban J connectivity index is 2.34. The van der Waals surface area contributed by atoms with Crippen molar-refractivity contribution in [2.45, 2.75) is 6.10 Å². The number of rotatable bonds is 3. The molecule has 1 unspecified atom stereocenters. The quantitative estimate of drug-likeness (QED) is 0.934. The molecule has 1 aromatic carbocycles. The maximum atomic E-state index is 13.7. The zero-order chi connectivity index (χ0) is 12.4. The highest BCUT2D eigenvalue weighted by molar-refractivity contribution is 9.11. The minimum absolute atomic E-state index is 0.246. The molecule has 0 aliphatic carbocycles. The average molecular weight is 317 g/mol. The van der Waals surface area contributed by atoms with Gasteiger partial charge in [0.2, 0.25) is 0 Å². The van der Waals surface area contributed by atoms with E-state index < -0.39 is 11.9 Å². The number of hydrogen-bond acceptors (Lipinski definition) is 3. The number of methoxy groups -OCH3 is 1. The lowest BCUT2D eigenvalue weighted by Gasteiger charge is -2.11. The summed E-state index contributed by atoms with van der Waals surface area (Å²) >= 11 is 4.76. The van der Waals surface area contributed by atoms with Crippen molar-refractivity contribution in [1.29, 1.82) is 0 Å². The first-order valence-electron chi connectivity index (χ1n) is 4.87. The van der Waals surface area contributed by atoms with Crippen LogP contribution in [0.1, 0.15) is 17.2 Å². The summed E-state index contributed by atoms with van der Waals surface area (Å²) in [6, 6.07) is 6.20. The summed E-state index contributed by atoms with van der Waals surface area (Å²) in [4.78, 5) is 0. The maximum absolute atomic E-state index is 13.7. The largest absolute Gasteiger partial charge is 0.497 e. The fourth-order valence-electron chi connectivity index (χ4n) is 1.50. The van der Waals surface area contributed by atoms with E-state index in [0.29, 0.717) is 11.3 Å². The van der Waals surface area contributed by atoms with Crippen molar-refractivity contribution < 1.29 is 14.2 Å². The van der Waals surface area contributed by atoms with Gasteiger partial charge in [-0.3, -0.25) is 0 Å². The van der Waals surface area contributed by atoms with E-state index in [4.69, 9.17) is 4.74 Å². The molecule has 90 valence electrons. The third-order valence-corrected chi connectivity index (χ3v) is 3.93. The van der Waals surface area contributed by atoms with Crippen molar-refractivity contribution in [2.75, 3.05) is 7.11 Å². The van der Waals surface area contributed by atoms with Crippen LogP contribution in [-0.4, -0.2) is 12.2 Å². The van der Waals surface area contributed by atoms with Crippen LogP contribution in [0.5, 0.6) is 5.75 Å². The highest BCUT2D eigenvalue weighted by Crippen LogP contribution is 2.31. The number of thiophene rings is 1. The second-order valence-corrected chi connectivity index (χ2v) is 5.76. The molecule has 2 nitrogen and oxygen atoms in total. The Bertz CT molecular complexity index is 527. The second kappa shape index (κ2) is 5.16. The molecule has 2 rings (SSSR count). The van der Waals surface area contributed by atoms with E-state index in [9.17, 15) is 9.50 Å². The van der Waals surface area contributed by atoms with Crippen molar-refractivity contribution in [3.05, 3.63) is 50.4 Å². The predicted molar refractivity (Wildman–Crippen MR) is 69.0 cm³/mol. The van der Waals surface area contributed by atoms with Gasteiger partial charge in [-0.15, -0.1) is 11.3 Å². The first-order chi connectivity index (χ1) is 8.11. The molecule has 0 fully saturated rings. The summed E-state index contributed by atoms with van der Waals surface area (Å²) in [7, 11) is 1.47. The minimum Gasteiger partial charge on any atom is -0.497 e. The van der Waals surface area contributed by atoms with Crippen LogP contribution in [0.2, 0.25) is 0 Å². The molecule has 1 atom stereocenters. The van der Waals surface area contributed by atoms with Gasteiger partial charge in [-0.25, -0.2) is 4.39 Å². The van der Waals surface area contributed by atoms with Gasteiger partial charge < -0.3 is 9.84 Å². The summed E-state index contributed by atoms with van der Waals surface area (Å²) in [5.41, 5.74) is 0.919. The zero-order valence-corrected chi connectivity index (χ0v) is 11.4. The second-order valence-electron chi connectivity index (χ2n) is 3.47. The Labute approximate surface area is 111 Å². The summed E-state index contributed by atoms with van der Waals surface area (Å²) < 4.78 is 19.5. The molecule has 0 bridgehead atoms. The van der Waals surface area contributed by atoms with Crippen molar-refractivity contribution in [3.63, 3.8) is 0 Å². The Kier molecular flexibility index (Phi) is 3.81. The third kappa shape index (κ3) is 2.68. The number of halogens is 2. The van der Waals surface area contributed by atoms with Gasteiger partial charge >= 0.3 is 0 Å². The fraction of sp³-hybridized carbons (Fsp3) is 0.167. The molecule has 0 aliphatic heterocycles. The van der Waals surface area contributed by atoms with Crippen LogP contribution >= 0.6 is 27.3 Å². The maximum Gasteiger partial charge on any atom is 0.133 e. The molecule has 0 saturated carbocycles. The smallest absolute Gasteiger partial charge is 0.133 e. The molecule has 0 radical (unpaired) electrons. The first kappa shape index (κ1) is 12.5. The molecule has 5 heteroatoms. The summed E-state index contributed by atoms with van der Waals surface area (Å²) in [6.07, 6.45) is -0.955. The van der Waals surface area contributed by atoms with Gasteiger partial charge in [0.15, 0.2) is 0 Å². The normalized spacial score (nSPS) is 12.5. The highest BCUT2D eigenvalue weighted by atomic mass is 79.9.